The Hall–Kier alpha value is 1.11. The van der Waals surface area contributed by atoms with E-state index in [0.29, 0.717) is 0 Å². The van der Waals surface area contributed by atoms with Crippen LogP contribution in [-0.4, -0.2) is 41.2 Å². The third-order valence-electron chi connectivity index (χ3n) is 0. The van der Waals surface area contributed by atoms with Crippen LogP contribution in [-0.2, 0) is 51.2 Å². The van der Waals surface area contributed by atoms with Crippen LogP contribution in [0, 0.1) is 0 Å². The first-order valence-corrected chi connectivity index (χ1v) is 2.73. The van der Waals surface area contributed by atoms with Crippen molar-refractivity contribution in [3.63, 3.8) is 0 Å². The molecule has 6 nitrogen and oxygen atoms in total. The molecular weight excluding hydrogens is 313 g/mol. The molecule has 0 aromatic heterocycles. The molecule has 10 heteroatoms. The van der Waals surface area contributed by atoms with E-state index in [1.165, 1.54) is 0 Å². The number of rotatable bonds is 0. The van der Waals surface area contributed by atoms with Crippen molar-refractivity contribution in [1.82, 2.24) is 0 Å². The predicted molar refractivity (Wildman–Crippen MR) is 23.3 cm³/mol. The van der Waals surface area contributed by atoms with Crippen molar-refractivity contribution in [2.75, 3.05) is 0 Å². The van der Waals surface area contributed by atoms with Gasteiger partial charge in [-0.25, -0.2) is 0 Å². The average molecular weight is 318 g/mol. The minimum absolute atomic E-state index is 0. The van der Waals surface area contributed by atoms with Crippen LogP contribution >= 0.6 is 0 Å². The Bertz CT molecular complexity index is 62.0. The van der Waals surface area contributed by atoms with Gasteiger partial charge in [0, 0.05) is 46.8 Å². The molecule has 0 heterocycles. The summed E-state index contributed by atoms with van der Waals surface area (Å²) in [5, 5.41) is 21.5. The standard InChI is InChI=1S/BH3O3.Cd.H2O3Si.Zn/c2-1(3)4;;1-4(2)3;/h2-4H;;1-2H;. The molecule has 0 amide bonds. The Morgan fingerprint density at radius 2 is 1.10 bits per heavy atom. The van der Waals surface area contributed by atoms with E-state index in [9.17, 15) is 0 Å². The first-order valence-electron chi connectivity index (χ1n) is 1.43. The van der Waals surface area contributed by atoms with Crippen molar-refractivity contribution in [2.45, 2.75) is 0 Å². The summed E-state index contributed by atoms with van der Waals surface area (Å²) in [6.07, 6.45) is 0. The molecule has 5 N–H and O–H groups in total. The van der Waals surface area contributed by atoms with Crippen molar-refractivity contribution < 1.29 is 75.9 Å². The molecule has 0 saturated heterocycles. The molecule has 0 aromatic carbocycles. The predicted octanol–water partition coefficient (Wildman–Crippen LogP) is -3.67. The molecule has 10 heavy (non-hydrogen) atoms. The first-order chi connectivity index (χ1) is 3.46. The molecule has 0 saturated carbocycles. The Balaban J connectivity index is -0.0000000300. The zero-order chi connectivity index (χ0) is 7.15. The Morgan fingerprint density at radius 1 is 1.10 bits per heavy atom. The summed E-state index contributed by atoms with van der Waals surface area (Å²) in [7, 11) is -5.30. The van der Waals surface area contributed by atoms with Gasteiger partial charge in [-0.2, -0.15) is 0 Å². The van der Waals surface area contributed by atoms with E-state index in [1.54, 1.807) is 0 Å². The van der Waals surface area contributed by atoms with E-state index in [0.717, 1.165) is 0 Å². The first kappa shape index (κ1) is 22.5. The van der Waals surface area contributed by atoms with Gasteiger partial charge in [0.1, 0.15) is 0 Å². The maximum atomic E-state index is 8.74. The van der Waals surface area contributed by atoms with Gasteiger partial charge in [0.25, 0.3) is 0 Å². The SMILES string of the molecule is O=[Si](O)O.OB(O)O.[Cd].[Zn]. The third kappa shape index (κ3) is 488. The van der Waals surface area contributed by atoms with Gasteiger partial charge in [-0.05, 0) is 0 Å². The van der Waals surface area contributed by atoms with Crippen LogP contribution in [0.1, 0.15) is 0 Å². The maximum absolute atomic E-state index is 8.74. The van der Waals surface area contributed by atoms with Crippen molar-refractivity contribution in [2.24, 2.45) is 0 Å². The summed E-state index contributed by atoms with van der Waals surface area (Å²) >= 11 is 0. The van der Waals surface area contributed by atoms with Crippen LogP contribution in [0.15, 0.2) is 0 Å². The van der Waals surface area contributed by atoms with E-state index < -0.39 is 16.5 Å². The smallest absolute Gasteiger partial charge is 0.511 e. The summed E-state index contributed by atoms with van der Waals surface area (Å²) in [6, 6.07) is 0. The minimum Gasteiger partial charge on any atom is -0.511 e. The molecule has 0 bridgehead atoms. The molecule has 0 rings (SSSR count). The summed E-state index contributed by atoms with van der Waals surface area (Å²) in [5.74, 6) is 0. The molecule has 0 aromatic rings. The summed E-state index contributed by atoms with van der Waals surface area (Å²) in [6.45, 7) is 0. The van der Waals surface area contributed by atoms with Gasteiger partial charge in [-0.1, -0.05) is 0 Å². The quantitative estimate of drug-likeness (QED) is 0.294. The maximum Gasteiger partial charge on any atom is 0.761 e. The van der Waals surface area contributed by atoms with Gasteiger partial charge in [0.05, 0.1) is 0 Å². The van der Waals surface area contributed by atoms with Gasteiger partial charge in [-0.15, -0.1) is 0 Å². The molecule has 0 aliphatic carbocycles. The van der Waals surface area contributed by atoms with Crippen LogP contribution in [0.4, 0.5) is 0 Å². The molecule has 0 radical (unpaired) electrons. The zero-order valence-electron chi connectivity index (χ0n) is 5.14. The molecular formula is H5BCdO6SiZn. The van der Waals surface area contributed by atoms with Crippen LogP contribution in [0.5, 0.6) is 0 Å². The van der Waals surface area contributed by atoms with Gasteiger partial charge in [0.2, 0.25) is 0 Å². The second-order valence-corrected chi connectivity index (χ2v) is 1.19. The van der Waals surface area contributed by atoms with Crippen LogP contribution in [0.3, 0.4) is 0 Å². The zero-order valence-corrected chi connectivity index (χ0v) is 13.1. The van der Waals surface area contributed by atoms with Crippen molar-refractivity contribution in [1.29, 1.82) is 0 Å². The van der Waals surface area contributed by atoms with Crippen molar-refractivity contribution in [3.05, 3.63) is 0 Å². The summed E-state index contributed by atoms with van der Waals surface area (Å²) in [4.78, 5) is 14.3. The van der Waals surface area contributed by atoms with Gasteiger partial charge in [-0.3, -0.25) is 4.46 Å². The number of hydrogen-bond donors (Lipinski definition) is 5. The van der Waals surface area contributed by atoms with Crippen molar-refractivity contribution in [3.8, 4) is 0 Å². The molecule has 0 spiro atoms. The molecule has 52 valence electrons. The Morgan fingerprint density at radius 3 is 1.10 bits per heavy atom. The van der Waals surface area contributed by atoms with E-state index >= 15 is 0 Å². The molecule has 0 fully saturated rings. The third-order valence-corrected chi connectivity index (χ3v) is 0. The van der Waals surface area contributed by atoms with Gasteiger partial charge in [0.15, 0.2) is 0 Å². The topological polar surface area (TPSA) is 118 Å². The average Bonchev–Trinajstić information content (AvgIpc) is 1.25. The van der Waals surface area contributed by atoms with Crippen molar-refractivity contribution >= 4 is 16.5 Å². The summed E-state index contributed by atoms with van der Waals surface area (Å²) in [5.41, 5.74) is 0. The monoisotopic (exact) mass is 318 g/mol. The second-order valence-electron chi connectivity index (χ2n) is 0.629. The normalized spacial score (nSPS) is 5.10. The summed E-state index contributed by atoms with van der Waals surface area (Å²) < 4.78 is 8.74. The Kier molecular flexibility index (Phi) is 37.3. The fourth-order valence-corrected chi connectivity index (χ4v) is 0. The van der Waals surface area contributed by atoms with Crippen LogP contribution in [0.2, 0.25) is 0 Å². The number of hydrogen-bond acceptors (Lipinski definition) is 4. The van der Waals surface area contributed by atoms with Gasteiger partial charge >= 0.3 is 16.5 Å². The van der Waals surface area contributed by atoms with Gasteiger partial charge < -0.3 is 24.7 Å². The largest absolute Gasteiger partial charge is 0.761 e. The van der Waals surface area contributed by atoms with E-state index in [4.69, 9.17) is 29.1 Å². The van der Waals surface area contributed by atoms with E-state index in [-0.39, 0.29) is 46.8 Å². The molecule has 0 aliphatic rings. The van der Waals surface area contributed by atoms with Crippen LogP contribution in [0.25, 0.3) is 0 Å². The fraction of sp³-hybridized carbons (Fsp3) is 0. The minimum atomic E-state index is -3.13. The molecule has 0 unspecified atom stereocenters. The Labute approximate surface area is 91.9 Å². The molecule has 0 atom stereocenters. The van der Waals surface area contributed by atoms with E-state index in [2.05, 4.69) is 0 Å². The van der Waals surface area contributed by atoms with Crippen LogP contribution < -0.4 is 0 Å². The van der Waals surface area contributed by atoms with E-state index in [1.807, 2.05) is 0 Å². The molecule has 0 aliphatic heterocycles. The second kappa shape index (κ2) is 16.6. The fourth-order valence-electron chi connectivity index (χ4n) is 0.